The van der Waals surface area contributed by atoms with Gasteiger partial charge in [0.2, 0.25) is 17.8 Å². The van der Waals surface area contributed by atoms with E-state index in [1.165, 1.54) is 6.08 Å². The molecule has 0 amide bonds. The van der Waals surface area contributed by atoms with Gasteiger partial charge in [0, 0.05) is 6.42 Å². The van der Waals surface area contributed by atoms with Gasteiger partial charge in [-0.25, -0.2) is 0 Å². The Balaban J connectivity index is 2.00. The van der Waals surface area contributed by atoms with E-state index in [9.17, 15) is 9.59 Å². The first-order chi connectivity index (χ1) is 11.3. The van der Waals surface area contributed by atoms with E-state index >= 15 is 0 Å². The van der Waals surface area contributed by atoms with Crippen LogP contribution in [0.1, 0.15) is 6.42 Å². The molecule has 2 aromatic rings. The summed E-state index contributed by atoms with van der Waals surface area (Å²) < 4.78 is 11.4. The van der Waals surface area contributed by atoms with Crippen molar-refractivity contribution in [2.45, 2.75) is 6.42 Å². The molecule has 0 heterocycles. The van der Waals surface area contributed by atoms with Crippen molar-refractivity contribution in [1.29, 1.82) is 0 Å². The van der Waals surface area contributed by atoms with Crippen LogP contribution in [0.5, 0.6) is 11.5 Å². The van der Waals surface area contributed by atoms with E-state index in [1.807, 2.05) is 12.1 Å². The van der Waals surface area contributed by atoms with Crippen LogP contribution in [0.15, 0.2) is 83.8 Å². The molecule has 0 atom stereocenters. The topological polar surface area (TPSA) is 52.6 Å². The molecule has 0 fully saturated rings. The Labute approximate surface area is 133 Å². The second-order valence-electron chi connectivity index (χ2n) is 4.84. The normalized spacial score (nSPS) is 14.3. The molecule has 4 nitrogen and oxygen atoms in total. The van der Waals surface area contributed by atoms with E-state index in [0.717, 1.165) is 0 Å². The van der Waals surface area contributed by atoms with Gasteiger partial charge >= 0.3 is 0 Å². The van der Waals surface area contributed by atoms with Crippen LogP contribution in [0, 0.1) is 0 Å². The molecule has 23 heavy (non-hydrogen) atoms. The number of benzene rings is 2. The molecule has 0 aromatic heterocycles. The standard InChI is InChI=1S/C19H13O4/c20-13-14-11-12-17(21)19(23-16-9-5-2-6-10-16)18(14)22-15-7-3-1-4-8-15/h1-11H,12H2. The first-order valence-electron chi connectivity index (χ1n) is 7.10. The Morgan fingerprint density at radius 1 is 0.783 bits per heavy atom. The smallest absolute Gasteiger partial charge is 0.237 e. The first kappa shape index (κ1) is 14.8. The number of hydrogen-bond acceptors (Lipinski definition) is 4. The quantitative estimate of drug-likeness (QED) is 0.850. The Kier molecular flexibility index (Phi) is 4.34. The van der Waals surface area contributed by atoms with E-state index in [2.05, 4.69) is 0 Å². The fourth-order valence-electron chi connectivity index (χ4n) is 2.13. The van der Waals surface area contributed by atoms with Crippen LogP contribution in [0.3, 0.4) is 0 Å². The summed E-state index contributed by atoms with van der Waals surface area (Å²) in [5, 5.41) is 0. The monoisotopic (exact) mass is 305 g/mol. The van der Waals surface area contributed by atoms with Crippen molar-refractivity contribution in [2.75, 3.05) is 0 Å². The van der Waals surface area contributed by atoms with Gasteiger partial charge in [-0.3, -0.25) is 9.59 Å². The third-order valence-corrected chi connectivity index (χ3v) is 3.23. The summed E-state index contributed by atoms with van der Waals surface area (Å²) in [6.45, 7) is 0. The molecule has 0 bridgehead atoms. The summed E-state index contributed by atoms with van der Waals surface area (Å²) in [5.74, 6) is 0.857. The van der Waals surface area contributed by atoms with Crippen molar-refractivity contribution in [2.24, 2.45) is 0 Å². The number of allylic oxidation sites excluding steroid dienone is 3. The highest BCUT2D eigenvalue weighted by molar-refractivity contribution is 6.01. The molecule has 0 aliphatic heterocycles. The molecule has 0 N–H and O–H groups in total. The summed E-state index contributed by atoms with van der Waals surface area (Å²) in [6.07, 6.45) is 3.38. The molecular formula is C19H13O4. The van der Waals surface area contributed by atoms with Crippen molar-refractivity contribution in [3.63, 3.8) is 0 Å². The average Bonchev–Trinajstić information content (AvgIpc) is 2.60. The molecule has 0 saturated heterocycles. The van der Waals surface area contributed by atoms with Gasteiger partial charge in [-0.15, -0.1) is 0 Å². The average molecular weight is 305 g/mol. The van der Waals surface area contributed by atoms with Crippen LogP contribution in [0.2, 0.25) is 0 Å². The van der Waals surface area contributed by atoms with E-state index in [-0.39, 0.29) is 29.3 Å². The number of hydrogen-bond donors (Lipinski definition) is 0. The van der Waals surface area contributed by atoms with Crippen molar-refractivity contribution < 1.29 is 19.1 Å². The SMILES string of the molecule is O=[C]C1=CCC(=O)C(Oc2ccccc2)=C1Oc1ccccc1. The lowest BCUT2D eigenvalue weighted by Crippen LogP contribution is -2.20. The number of Topliss-reactive ketones (excluding diaryl/α,β-unsaturated/α-hetero) is 1. The van der Waals surface area contributed by atoms with Crippen LogP contribution >= 0.6 is 0 Å². The first-order valence-corrected chi connectivity index (χ1v) is 7.10. The molecule has 4 heteroatoms. The Hall–Kier alpha value is -3.14. The lowest BCUT2D eigenvalue weighted by molar-refractivity contribution is -0.117. The van der Waals surface area contributed by atoms with Gasteiger partial charge in [0.25, 0.3) is 0 Å². The molecule has 113 valence electrons. The highest BCUT2D eigenvalue weighted by Crippen LogP contribution is 2.27. The van der Waals surface area contributed by atoms with Gasteiger partial charge in [0.05, 0.1) is 5.57 Å². The van der Waals surface area contributed by atoms with Crippen LogP contribution in [-0.2, 0) is 9.59 Å². The van der Waals surface area contributed by atoms with Gasteiger partial charge in [-0.05, 0) is 24.3 Å². The summed E-state index contributed by atoms with van der Waals surface area (Å²) >= 11 is 0. The van der Waals surface area contributed by atoms with E-state index in [1.54, 1.807) is 54.8 Å². The number of ketones is 1. The molecule has 0 saturated carbocycles. The molecule has 0 unspecified atom stereocenters. The highest BCUT2D eigenvalue weighted by Gasteiger charge is 2.27. The largest absolute Gasteiger partial charge is 0.453 e. The van der Waals surface area contributed by atoms with E-state index in [0.29, 0.717) is 11.5 Å². The second kappa shape index (κ2) is 6.75. The van der Waals surface area contributed by atoms with Crippen molar-refractivity contribution in [1.82, 2.24) is 0 Å². The Bertz CT molecular complexity index is 774. The maximum absolute atomic E-state index is 12.2. The Morgan fingerprint density at radius 3 is 1.83 bits per heavy atom. The summed E-state index contributed by atoms with van der Waals surface area (Å²) in [7, 11) is 0. The van der Waals surface area contributed by atoms with Crippen molar-refractivity contribution in [3.05, 3.63) is 83.8 Å². The fraction of sp³-hybridized carbons (Fsp3) is 0.0526. The predicted octanol–water partition coefficient (Wildman–Crippen LogP) is 3.36. The number of carbonyl (C=O) groups is 1. The molecule has 1 aliphatic carbocycles. The summed E-state index contributed by atoms with van der Waals surface area (Å²) in [6, 6.07) is 17.8. The molecular weight excluding hydrogens is 292 g/mol. The molecule has 1 aliphatic rings. The van der Waals surface area contributed by atoms with Crippen LogP contribution in [0.25, 0.3) is 0 Å². The van der Waals surface area contributed by atoms with Gasteiger partial charge < -0.3 is 9.47 Å². The lowest BCUT2D eigenvalue weighted by Gasteiger charge is -2.18. The van der Waals surface area contributed by atoms with Gasteiger partial charge in [-0.1, -0.05) is 42.5 Å². The highest BCUT2D eigenvalue weighted by atomic mass is 16.5. The fourth-order valence-corrected chi connectivity index (χ4v) is 2.13. The number of rotatable bonds is 5. The third kappa shape index (κ3) is 3.37. The summed E-state index contributed by atoms with van der Waals surface area (Å²) in [5.41, 5.74) is 0.180. The van der Waals surface area contributed by atoms with E-state index < -0.39 is 0 Å². The van der Waals surface area contributed by atoms with Crippen LogP contribution in [-0.4, -0.2) is 12.1 Å². The zero-order valence-electron chi connectivity index (χ0n) is 12.2. The molecule has 2 aromatic carbocycles. The van der Waals surface area contributed by atoms with Gasteiger partial charge in [0.15, 0.2) is 5.76 Å². The number of ether oxygens (including phenoxy) is 2. The van der Waals surface area contributed by atoms with Gasteiger partial charge in [0.1, 0.15) is 11.5 Å². The number of para-hydroxylation sites is 2. The second-order valence-corrected chi connectivity index (χ2v) is 4.84. The Morgan fingerprint density at radius 2 is 1.30 bits per heavy atom. The van der Waals surface area contributed by atoms with Crippen LogP contribution in [0.4, 0.5) is 0 Å². The maximum Gasteiger partial charge on any atom is 0.237 e. The van der Waals surface area contributed by atoms with Crippen molar-refractivity contribution in [3.8, 4) is 11.5 Å². The molecule has 1 radical (unpaired) electrons. The minimum atomic E-state index is -0.251. The number of carbonyl (C=O) groups excluding carboxylic acids is 2. The molecule has 0 spiro atoms. The predicted molar refractivity (Wildman–Crippen MR) is 84.6 cm³/mol. The van der Waals surface area contributed by atoms with E-state index in [4.69, 9.17) is 9.47 Å². The van der Waals surface area contributed by atoms with Gasteiger partial charge in [-0.2, -0.15) is 0 Å². The van der Waals surface area contributed by atoms with Crippen molar-refractivity contribution >= 4 is 12.1 Å². The minimum Gasteiger partial charge on any atom is -0.453 e. The maximum atomic E-state index is 12.2. The zero-order chi connectivity index (χ0) is 16.1. The third-order valence-electron chi connectivity index (χ3n) is 3.23. The minimum absolute atomic E-state index is 0.0147. The zero-order valence-corrected chi connectivity index (χ0v) is 12.2. The lowest BCUT2D eigenvalue weighted by atomic mass is 10.0. The van der Waals surface area contributed by atoms with Crippen LogP contribution < -0.4 is 9.47 Å². The molecule has 3 rings (SSSR count). The summed E-state index contributed by atoms with van der Waals surface area (Å²) in [4.78, 5) is 23.4.